The van der Waals surface area contributed by atoms with Crippen molar-refractivity contribution in [1.29, 1.82) is 0 Å². The van der Waals surface area contributed by atoms with Crippen molar-refractivity contribution in [2.75, 3.05) is 0 Å². The summed E-state index contributed by atoms with van der Waals surface area (Å²) in [5.41, 5.74) is 0. The van der Waals surface area contributed by atoms with Crippen LogP contribution in [0.15, 0.2) is 5.76 Å². The first-order valence-electron chi connectivity index (χ1n) is 2.09. The average Bonchev–Trinajstić information content (AvgIpc) is 2.14. The van der Waals surface area contributed by atoms with E-state index in [1.807, 2.05) is 0 Å². The van der Waals surface area contributed by atoms with Crippen molar-refractivity contribution in [3.8, 4) is 0 Å². The van der Waals surface area contributed by atoms with Gasteiger partial charge in [0.15, 0.2) is 5.94 Å². The van der Waals surface area contributed by atoms with Gasteiger partial charge in [0, 0.05) is 0 Å². The Morgan fingerprint density at radius 3 is 2.88 bits per heavy atom. The van der Waals surface area contributed by atoms with Gasteiger partial charge in [0.2, 0.25) is 18.1 Å². The van der Waals surface area contributed by atoms with Crippen molar-refractivity contribution >= 4 is 18.3 Å². The summed E-state index contributed by atoms with van der Waals surface area (Å²) in [5, 5.41) is 0. The van der Waals surface area contributed by atoms with Gasteiger partial charge in [-0.15, -0.1) is 0 Å². The molecular formula is C4H4O3S. The van der Waals surface area contributed by atoms with Crippen LogP contribution in [-0.2, 0) is 13.2 Å². The monoisotopic (exact) mass is 132 g/mol. The Kier molecular flexibility index (Phi) is 1.58. The van der Waals surface area contributed by atoms with Crippen LogP contribution in [0.1, 0.15) is 6.92 Å². The second-order valence-electron chi connectivity index (χ2n) is 1.36. The first-order valence-corrected chi connectivity index (χ1v) is 2.76. The van der Waals surface area contributed by atoms with Crippen molar-refractivity contribution in [2.45, 2.75) is 13.0 Å². The number of carbonyl (C=O) groups excluding carboxylic acids is 1. The molecule has 0 aliphatic carbocycles. The smallest absolute Gasteiger partial charge is 0.229 e. The molecule has 0 bridgehead atoms. The molecule has 4 heteroatoms. The SMILES string of the molecule is CC1OSOC1=C=O. The summed E-state index contributed by atoms with van der Waals surface area (Å²) in [6.07, 6.45) is -0.238. The fraction of sp³-hybridized carbons (Fsp3) is 0.500. The summed E-state index contributed by atoms with van der Waals surface area (Å²) >= 11 is 0.815. The standard InChI is InChI=1S/C4H4O3S/c1-3-4(2-5)7-8-6-3/h3H,1H3. The quantitative estimate of drug-likeness (QED) is 0.359. The first kappa shape index (κ1) is 5.69. The summed E-state index contributed by atoms with van der Waals surface area (Å²) in [6.45, 7) is 1.72. The van der Waals surface area contributed by atoms with E-state index in [4.69, 9.17) is 4.18 Å². The van der Waals surface area contributed by atoms with Gasteiger partial charge in [0.05, 0.1) is 0 Å². The second-order valence-corrected chi connectivity index (χ2v) is 1.85. The van der Waals surface area contributed by atoms with Gasteiger partial charge < -0.3 is 4.18 Å². The van der Waals surface area contributed by atoms with Gasteiger partial charge in [0.1, 0.15) is 6.10 Å². The molecule has 0 spiro atoms. The highest BCUT2D eigenvalue weighted by Crippen LogP contribution is 2.26. The van der Waals surface area contributed by atoms with Crippen LogP contribution in [0, 0.1) is 0 Å². The van der Waals surface area contributed by atoms with Crippen molar-refractivity contribution < 1.29 is 13.2 Å². The lowest BCUT2D eigenvalue weighted by molar-refractivity contribution is 0.317. The zero-order valence-electron chi connectivity index (χ0n) is 4.21. The van der Waals surface area contributed by atoms with Crippen LogP contribution in [0.4, 0.5) is 0 Å². The zero-order valence-corrected chi connectivity index (χ0v) is 5.03. The molecule has 0 radical (unpaired) electrons. The third-order valence-corrected chi connectivity index (χ3v) is 1.39. The number of hydrogen-bond acceptors (Lipinski definition) is 4. The number of hydrogen-bond donors (Lipinski definition) is 0. The van der Waals surface area contributed by atoms with Crippen molar-refractivity contribution in [1.82, 2.24) is 0 Å². The molecule has 0 aromatic rings. The van der Waals surface area contributed by atoms with Crippen molar-refractivity contribution in [2.24, 2.45) is 0 Å². The van der Waals surface area contributed by atoms with E-state index in [1.54, 1.807) is 12.9 Å². The van der Waals surface area contributed by atoms with Crippen LogP contribution in [-0.4, -0.2) is 12.0 Å². The van der Waals surface area contributed by atoms with E-state index < -0.39 is 0 Å². The van der Waals surface area contributed by atoms with Crippen LogP contribution in [0.5, 0.6) is 0 Å². The Bertz CT molecular complexity index is 138. The molecule has 1 saturated heterocycles. The Hall–Kier alpha value is -0.440. The molecule has 0 aromatic carbocycles. The average molecular weight is 132 g/mol. The molecule has 1 fully saturated rings. The molecule has 44 valence electrons. The van der Waals surface area contributed by atoms with Gasteiger partial charge in [-0.05, 0) is 6.92 Å². The molecule has 0 aromatic heterocycles. The maximum atomic E-state index is 9.84. The van der Waals surface area contributed by atoms with Gasteiger partial charge >= 0.3 is 0 Å². The molecule has 1 atom stereocenters. The minimum atomic E-state index is -0.238. The third kappa shape index (κ3) is 0.865. The Morgan fingerprint density at radius 2 is 2.62 bits per heavy atom. The lowest BCUT2D eigenvalue weighted by atomic mass is 10.4. The molecule has 1 unspecified atom stereocenters. The molecule has 1 aliphatic heterocycles. The maximum absolute atomic E-state index is 9.84. The molecule has 0 amide bonds. The van der Waals surface area contributed by atoms with Crippen LogP contribution in [0.2, 0.25) is 0 Å². The topological polar surface area (TPSA) is 35.5 Å². The number of rotatable bonds is 0. The molecule has 8 heavy (non-hydrogen) atoms. The second kappa shape index (κ2) is 2.22. The molecule has 0 N–H and O–H groups in total. The van der Waals surface area contributed by atoms with E-state index >= 15 is 0 Å². The minimum Gasteiger partial charge on any atom is -0.390 e. The van der Waals surface area contributed by atoms with Gasteiger partial charge in [-0.1, -0.05) is 0 Å². The van der Waals surface area contributed by atoms with E-state index in [0.717, 1.165) is 12.3 Å². The van der Waals surface area contributed by atoms with E-state index in [1.165, 1.54) is 0 Å². The van der Waals surface area contributed by atoms with Crippen LogP contribution >= 0.6 is 12.3 Å². The van der Waals surface area contributed by atoms with E-state index in [-0.39, 0.29) is 11.9 Å². The summed E-state index contributed by atoms with van der Waals surface area (Å²) in [4.78, 5) is 9.84. The van der Waals surface area contributed by atoms with Gasteiger partial charge in [-0.3, -0.25) is 4.18 Å². The molecule has 0 saturated carbocycles. The highest BCUT2D eigenvalue weighted by atomic mass is 32.2. The zero-order chi connectivity index (χ0) is 5.98. The molecule has 1 heterocycles. The largest absolute Gasteiger partial charge is 0.390 e. The van der Waals surface area contributed by atoms with Crippen molar-refractivity contribution in [3.05, 3.63) is 5.76 Å². The van der Waals surface area contributed by atoms with Gasteiger partial charge in [-0.25, -0.2) is 4.79 Å². The Balaban J connectivity index is 2.68. The summed E-state index contributed by atoms with van der Waals surface area (Å²) in [6, 6.07) is 0. The Labute approximate surface area is 51.1 Å². The Morgan fingerprint density at radius 1 is 1.88 bits per heavy atom. The molecule has 1 aliphatic rings. The molecule has 3 nitrogen and oxygen atoms in total. The maximum Gasteiger partial charge on any atom is 0.229 e. The minimum absolute atomic E-state index is 0.231. The fourth-order valence-electron chi connectivity index (χ4n) is 0.327. The van der Waals surface area contributed by atoms with Gasteiger partial charge in [0.25, 0.3) is 0 Å². The highest BCUT2D eigenvalue weighted by molar-refractivity contribution is 7.90. The van der Waals surface area contributed by atoms with E-state index in [0.29, 0.717) is 0 Å². The van der Waals surface area contributed by atoms with E-state index in [2.05, 4.69) is 4.18 Å². The molecule has 1 rings (SSSR count). The summed E-state index contributed by atoms with van der Waals surface area (Å²) in [7, 11) is 0. The van der Waals surface area contributed by atoms with Crippen LogP contribution < -0.4 is 0 Å². The van der Waals surface area contributed by atoms with Crippen LogP contribution in [0.3, 0.4) is 0 Å². The lowest BCUT2D eigenvalue weighted by Gasteiger charge is -1.88. The highest BCUT2D eigenvalue weighted by Gasteiger charge is 2.21. The van der Waals surface area contributed by atoms with E-state index in [9.17, 15) is 4.79 Å². The summed E-state index contributed by atoms with van der Waals surface area (Å²) in [5.74, 6) is 1.84. The fourth-order valence-corrected chi connectivity index (χ4v) is 0.814. The van der Waals surface area contributed by atoms with Crippen molar-refractivity contribution in [3.63, 3.8) is 0 Å². The molecular weight excluding hydrogens is 128 g/mol. The van der Waals surface area contributed by atoms with Crippen LogP contribution in [0.25, 0.3) is 0 Å². The lowest BCUT2D eigenvalue weighted by Crippen LogP contribution is -1.99. The van der Waals surface area contributed by atoms with Gasteiger partial charge in [-0.2, -0.15) is 0 Å². The predicted molar refractivity (Wildman–Crippen MR) is 28.4 cm³/mol. The third-order valence-electron chi connectivity index (χ3n) is 0.777. The predicted octanol–water partition coefficient (Wildman–Crippen LogP) is 0.700. The summed E-state index contributed by atoms with van der Waals surface area (Å²) < 4.78 is 9.35. The normalized spacial score (nSPS) is 27.1. The first-order chi connectivity index (χ1) is 3.84.